The van der Waals surface area contributed by atoms with E-state index in [9.17, 15) is 8.42 Å². The molecular weight excluding hydrogens is 390 g/mol. The molecule has 2 fully saturated rings. The number of anilines is 2. The van der Waals surface area contributed by atoms with Crippen molar-refractivity contribution in [1.82, 2.24) is 24.5 Å². The molecule has 158 valence electrons. The summed E-state index contributed by atoms with van der Waals surface area (Å²) in [6.45, 7) is 9.51. The van der Waals surface area contributed by atoms with Gasteiger partial charge in [0, 0.05) is 45.3 Å². The molecule has 1 N–H and O–H groups in total. The van der Waals surface area contributed by atoms with Gasteiger partial charge in [0.05, 0.1) is 11.4 Å². The van der Waals surface area contributed by atoms with Crippen LogP contribution in [-0.2, 0) is 10.0 Å². The van der Waals surface area contributed by atoms with Crippen molar-refractivity contribution >= 4 is 21.7 Å². The Morgan fingerprint density at radius 2 is 1.45 bits per heavy atom. The topological polar surface area (TPSA) is 98.3 Å². The minimum Gasteiger partial charge on any atom is -0.356 e. The molecule has 4 rings (SSSR count). The molecule has 2 aromatic heterocycles. The minimum absolute atomic E-state index is 0.302. The molecule has 0 saturated carbocycles. The molecule has 2 aliphatic heterocycles. The summed E-state index contributed by atoms with van der Waals surface area (Å²) in [6.07, 6.45) is 3.67. The van der Waals surface area contributed by atoms with E-state index in [4.69, 9.17) is 0 Å². The van der Waals surface area contributed by atoms with Gasteiger partial charge in [-0.2, -0.15) is 9.40 Å². The number of nitrogens with zero attached hydrogens (tertiary/aromatic N) is 6. The first kappa shape index (κ1) is 20.1. The van der Waals surface area contributed by atoms with E-state index < -0.39 is 10.0 Å². The number of piperazine rings is 1. The minimum atomic E-state index is -3.55. The van der Waals surface area contributed by atoms with Crippen molar-refractivity contribution in [3.8, 4) is 0 Å². The van der Waals surface area contributed by atoms with Gasteiger partial charge in [-0.15, -0.1) is 0 Å². The summed E-state index contributed by atoms with van der Waals surface area (Å²) in [6, 6.07) is 2.05. The Labute approximate surface area is 172 Å². The highest BCUT2D eigenvalue weighted by atomic mass is 32.2. The van der Waals surface area contributed by atoms with Crippen molar-refractivity contribution in [3.63, 3.8) is 0 Å². The van der Waals surface area contributed by atoms with Crippen LogP contribution in [0.1, 0.15) is 36.5 Å². The fourth-order valence-corrected chi connectivity index (χ4v) is 5.94. The van der Waals surface area contributed by atoms with E-state index in [1.165, 1.54) is 19.3 Å². The summed E-state index contributed by atoms with van der Waals surface area (Å²) in [5.41, 5.74) is 1.10. The summed E-state index contributed by atoms with van der Waals surface area (Å²) in [5, 5.41) is 6.81. The fourth-order valence-electron chi connectivity index (χ4n) is 4.19. The average molecular weight is 420 g/mol. The van der Waals surface area contributed by atoms with Crippen molar-refractivity contribution in [2.24, 2.45) is 0 Å². The van der Waals surface area contributed by atoms with Crippen LogP contribution < -0.4 is 9.80 Å². The van der Waals surface area contributed by atoms with Gasteiger partial charge < -0.3 is 9.80 Å². The largest absolute Gasteiger partial charge is 0.356 e. The molecule has 0 atom stereocenters. The second-order valence-corrected chi connectivity index (χ2v) is 9.71. The maximum atomic E-state index is 13.1. The molecule has 2 aliphatic rings. The zero-order valence-electron chi connectivity index (χ0n) is 17.3. The molecule has 0 bridgehead atoms. The molecule has 0 unspecified atom stereocenters. The summed E-state index contributed by atoms with van der Waals surface area (Å²) in [7, 11) is -3.55. The zero-order valence-corrected chi connectivity index (χ0v) is 18.2. The molecule has 2 aromatic rings. The summed E-state index contributed by atoms with van der Waals surface area (Å²) >= 11 is 0. The highest BCUT2D eigenvalue weighted by molar-refractivity contribution is 7.89. The van der Waals surface area contributed by atoms with E-state index >= 15 is 0 Å². The van der Waals surface area contributed by atoms with Crippen molar-refractivity contribution in [2.45, 2.75) is 44.9 Å². The molecule has 0 radical (unpaired) electrons. The van der Waals surface area contributed by atoms with Crippen LogP contribution in [0.15, 0.2) is 11.0 Å². The zero-order chi connectivity index (χ0) is 20.6. The molecule has 10 heteroatoms. The predicted octanol–water partition coefficient (Wildman–Crippen LogP) is 1.63. The van der Waals surface area contributed by atoms with Crippen molar-refractivity contribution in [2.75, 3.05) is 49.1 Å². The maximum absolute atomic E-state index is 13.1. The van der Waals surface area contributed by atoms with Crippen LogP contribution in [0.2, 0.25) is 0 Å². The third-order valence-electron chi connectivity index (χ3n) is 5.71. The average Bonchev–Trinajstić information content (AvgIpc) is 3.07. The van der Waals surface area contributed by atoms with E-state index in [1.807, 2.05) is 13.0 Å². The standard InChI is InChI=1S/C19H29N7O2S/c1-14-19(15(2)23-22-14)29(27,28)26-11-9-25(10-12-26)18-13-17(20-16(3)21-18)24-7-5-4-6-8-24/h13H,4-12H2,1-3H3,(H,22,23). The molecule has 29 heavy (non-hydrogen) atoms. The van der Waals surface area contributed by atoms with Gasteiger partial charge in [0.2, 0.25) is 10.0 Å². The van der Waals surface area contributed by atoms with Gasteiger partial charge in [0.15, 0.2) is 0 Å². The smallest absolute Gasteiger partial charge is 0.246 e. The van der Waals surface area contributed by atoms with Gasteiger partial charge >= 0.3 is 0 Å². The van der Waals surface area contributed by atoms with E-state index in [0.717, 1.165) is 30.5 Å². The van der Waals surface area contributed by atoms with Crippen LogP contribution in [0, 0.1) is 20.8 Å². The highest BCUT2D eigenvalue weighted by Crippen LogP contribution is 2.26. The Morgan fingerprint density at radius 1 is 0.862 bits per heavy atom. The lowest BCUT2D eigenvalue weighted by Gasteiger charge is -2.35. The first-order valence-electron chi connectivity index (χ1n) is 10.2. The van der Waals surface area contributed by atoms with E-state index in [-0.39, 0.29) is 0 Å². The second-order valence-electron chi connectivity index (χ2n) is 7.83. The lowest BCUT2D eigenvalue weighted by Crippen LogP contribution is -2.49. The van der Waals surface area contributed by atoms with Gasteiger partial charge in [-0.05, 0) is 40.0 Å². The number of nitrogens with one attached hydrogen (secondary N) is 1. The number of aryl methyl sites for hydroxylation is 3. The van der Waals surface area contributed by atoms with Gasteiger partial charge in [-0.1, -0.05) is 0 Å². The molecule has 0 spiro atoms. The van der Waals surface area contributed by atoms with Crippen LogP contribution >= 0.6 is 0 Å². The fraction of sp³-hybridized carbons (Fsp3) is 0.632. The first-order chi connectivity index (χ1) is 13.9. The van der Waals surface area contributed by atoms with Gasteiger partial charge in [0.1, 0.15) is 22.4 Å². The third-order valence-corrected chi connectivity index (χ3v) is 7.87. The molecule has 0 amide bonds. The van der Waals surface area contributed by atoms with Crippen molar-refractivity contribution < 1.29 is 8.42 Å². The predicted molar refractivity (Wildman–Crippen MR) is 112 cm³/mol. The Hall–Kier alpha value is -2.20. The van der Waals surface area contributed by atoms with Crippen LogP contribution in [0.5, 0.6) is 0 Å². The number of piperidine rings is 1. The normalized spacial score (nSPS) is 19.0. The molecule has 9 nitrogen and oxygen atoms in total. The second kappa shape index (κ2) is 7.91. The van der Waals surface area contributed by atoms with Crippen LogP contribution in [0.3, 0.4) is 0 Å². The summed E-state index contributed by atoms with van der Waals surface area (Å²) < 4.78 is 27.7. The third kappa shape index (κ3) is 3.95. The van der Waals surface area contributed by atoms with Crippen molar-refractivity contribution in [3.05, 3.63) is 23.3 Å². The molecule has 2 saturated heterocycles. The number of aromatic amines is 1. The number of H-pyrrole nitrogens is 1. The lowest BCUT2D eigenvalue weighted by atomic mass is 10.1. The number of sulfonamides is 1. The van der Waals surface area contributed by atoms with Gasteiger partial charge in [0.25, 0.3) is 0 Å². The number of rotatable bonds is 4. The Morgan fingerprint density at radius 3 is 2.00 bits per heavy atom. The summed E-state index contributed by atoms with van der Waals surface area (Å²) in [5.74, 6) is 2.61. The molecular formula is C19H29N7O2S. The summed E-state index contributed by atoms with van der Waals surface area (Å²) in [4.78, 5) is 14.0. The van der Waals surface area contributed by atoms with Gasteiger partial charge in [-0.25, -0.2) is 18.4 Å². The molecule has 0 aliphatic carbocycles. The Balaban J connectivity index is 1.49. The first-order valence-corrected chi connectivity index (χ1v) is 11.7. The van der Waals surface area contributed by atoms with Gasteiger partial charge in [-0.3, -0.25) is 5.10 Å². The molecule has 0 aromatic carbocycles. The Bertz CT molecular complexity index is 955. The Kier molecular flexibility index (Phi) is 5.48. The van der Waals surface area contributed by atoms with Crippen molar-refractivity contribution in [1.29, 1.82) is 0 Å². The monoisotopic (exact) mass is 419 g/mol. The van der Waals surface area contributed by atoms with E-state index in [1.54, 1.807) is 18.2 Å². The SMILES string of the molecule is Cc1nc(N2CCCCC2)cc(N2CCN(S(=O)(=O)c3c(C)n[nH]c3C)CC2)n1. The van der Waals surface area contributed by atoms with Crippen LogP contribution in [-0.4, -0.2) is 72.2 Å². The number of aromatic nitrogens is 4. The lowest BCUT2D eigenvalue weighted by molar-refractivity contribution is 0.383. The highest BCUT2D eigenvalue weighted by Gasteiger charge is 2.32. The maximum Gasteiger partial charge on any atom is 0.246 e. The van der Waals surface area contributed by atoms with E-state index in [0.29, 0.717) is 42.5 Å². The quantitative estimate of drug-likeness (QED) is 0.804. The molecule has 4 heterocycles. The van der Waals surface area contributed by atoms with Crippen LogP contribution in [0.4, 0.5) is 11.6 Å². The van der Waals surface area contributed by atoms with E-state index in [2.05, 4.69) is 30.0 Å². The van der Waals surface area contributed by atoms with Crippen LogP contribution in [0.25, 0.3) is 0 Å². The number of hydrogen-bond donors (Lipinski definition) is 1. The number of hydrogen-bond acceptors (Lipinski definition) is 7.